The van der Waals surface area contributed by atoms with Gasteiger partial charge in [-0.15, -0.1) is 0 Å². The van der Waals surface area contributed by atoms with Gasteiger partial charge in [-0.1, -0.05) is 11.6 Å². The molecule has 0 radical (unpaired) electrons. The SMILES string of the molecule is CC1(C)C(N)=N[C@](C)(c2cc(Nc3nccc4cc(Cl)cnc34)ccc2F)CS1(O)O. The highest BCUT2D eigenvalue weighted by Gasteiger charge is 2.49. The van der Waals surface area contributed by atoms with Gasteiger partial charge < -0.3 is 11.1 Å². The van der Waals surface area contributed by atoms with Crippen LogP contribution in [0, 0.1) is 5.82 Å². The summed E-state index contributed by atoms with van der Waals surface area (Å²) in [4.78, 5) is 13.2. The molecule has 164 valence electrons. The third-order valence-corrected chi connectivity index (χ3v) is 8.67. The van der Waals surface area contributed by atoms with Gasteiger partial charge in [0, 0.05) is 29.0 Å². The van der Waals surface area contributed by atoms with Crippen molar-refractivity contribution in [1.29, 1.82) is 0 Å². The summed E-state index contributed by atoms with van der Waals surface area (Å²) in [5.41, 5.74) is 6.19. The standard InChI is InChI=1S/C21H23ClFN5O2S/c1-20(2)19(24)28-21(3,11-31(20,29)30)15-9-14(4-5-16(15)23)27-18-17-12(6-7-25-18)8-13(22)10-26-17/h4-10,29-30H,11H2,1-3H3,(H2,24,28)(H,25,27)/t21-/m0/s1. The van der Waals surface area contributed by atoms with Crippen LogP contribution in [0.1, 0.15) is 26.3 Å². The number of nitrogens with zero attached hydrogens (tertiary/aromatic N) is 3. The first-order valence-electron chi connectivity index (χ1n) is 9.52. The Morgan fingerprint density at radius 1 is 1.16 bits per heavy atom. The molecule has 31 heavy (non-hydrogen) atoms. The van der Waals surface area contributed by atoms with Crippen molar-refractivity contribution in [2.45, 2.75) is 31.1 Å². The first kappa shape index (κ1) is 21.8. The van der Waals surface area contributed by atoms with Crippen molar-refractivity contribution < 1.29 is 13.5 Å². The normalized spacial score (nSPS) is 23.3. The number of rotatable bonds is 3. The first-order chi connectivity index (χ1) is 14.4. The number of nitrogens with one attached hydrogen (secondary N) is 1. The number of fused-ring (bicyclic) bond motifs is 1. The van der Waals surface area contributed by atoms with E-state index < -0.39 is 26.7 Å². The smallest absolute Gasteiger partial charge is 0.156 e. The molecule has 4 rings (SSSR count). The summed E-state index contributed by atoms with van der Waals surface area (Å²) in [6.45, 7) is 4.90. The molecule has 1 aliphatic heterocycles. The summed E-state index contributed by atoms with van der Waals surface area (Å²) in [5.74, 6) is -0.0965. The van der Waals surface area contributed by atoms with Gasteiger partial charge in [0.05, 0.1) is 10.8 Å². The molecule has 0 bridgehead atoms. The minimum atomic E-state index is -3.17. The van der Waals surface area contributed by atoms with E-state index in [1.54, 1.807) is 51.2 Å². The number of aromatic nitrogens is 2. The van der Waals surface area contributed by atoms with E-state index in [1.165, 1.54) is 12.3 Å². The van der Waals surface area contributed by atoms with E-state index in [0.29, 0.717) is 22.0 Å². The molecule has 1 atom stereocenters. The van der Waals surface area contributed by atoms with E-state index in [-0.39, 0.29) is 17.2 Å². The van der Waals surface area contributed by atoms with Gasteiger partial charge in [0.15, 0.2) is 5.82 Å². The average Bonchev–Trinajstić information content (AvgIpc) is 2.67. The van der Waals surface area contributed by atoms with Crippen molar-refractivity contribution >= 4 is 50.4 Å². The van der Waals surface area contributed by atoms with E-state index >= 15 is 0 Å². The van der Waals surface area contributed by atoms with E-state index in [9.17, 15) is 13.5 Å². The first-order valence-corrected chi connectivity index (χ1v) is 11.6. The second-order valence-electron chi connectivity index (χ2n) is 8.30. The molecule has 0 spiro atoms. The number of nitrogens with two attached hydrogens (primary N) is 1. The number of aliphatic imine (C=N–C) groups is 1. The Kier molecular flexibility index (Phi) is 5.13. The van der Waals surface area contributed by atoms with Crippen LogP contribution in [0.5, 0.6) is 0 Å². The second kappa shape index (κ2) is 7.30. The van der Waals surface area contributed by atoms with Crippen molar-refractivity contribution in [3.05, 3.63) is 59.1 Å². The molecule has 1 aromatic carbocycles. The summed E-state index contributed by atoms with van der Waals surface area (Å²) < 4.78 is 35.2. The molecule has 0 saturated heterocycles. The average molecular weight is 464 g/mol. The van der Waals surface area contributed by atoms with Crippen LogP contribution in [-0.4, -0.2) is 35.4 Å². The van der Waals surface area contributed by atoms with Crippen LogP contribution in [0.25, 0.3) is 10.9 Å². The van der Waals surface area contributed by atoms with Crippen molar-refractivity contribution in [3.63, 3.8) is 0 Å². The molecule has 5 N–H and O–H groups in total. The minimum Gasteiger partial charge on any atom is -0.386 e. The molecule has 10 heteroatoms. The molecular weight excluding hydrogens is 441 g/mol. The lowest BCUT2D eigenvalue weighted by Gasteiger charge is -2.53. The van der Waals surface area contributed by atoms with Crippen molar-refractivity contribution in [3.8, 4) is 0 Å². The fourth-order valence-electron chi connectivity index (χ4n) is 3.59. The molecule has 0 saturated carbocycles. The fraction of sp³-hybridized carbons (Fsp3) is 0.286. The minimum absolute atomic E-state index is 0.0795. The zero-order chi connectivity index (χ0) is 22.6. The van der Waals surface area contributed by atoms with Gasteiger partial charge in [0.25, 0.3) is 0 Å². The van der Waals surface area contributed by atoms with E-state index in [2.05, 4.69) is 20.3 Å². The van der Waals surface area contributed by atoms with E-state index in [0.717, 1.165) is 5.39 Å². The molecule has 2 aromatic heterocycles. The van der Waals surface area contributed by atoms with Gasteiger partial charge in [-0.05, 0) is 51.1 Å². The molecular formula is C21H23ClFN5O2S. The van der Waals surface area contributed by atoms with Crippen molar-refractivity contribution in [2.24, 2.45) is 10.7 Å². The summed E-state index contributed by atoms with van der Waals surface area (Å²) in [6.07, 6.45) is 3.15. The molecule has 7 nitrogen and oxygen atoms in total. The predicted molar refractivity (Wildman–Crippen MR) is 125 cm³/mol. The molecule has 0 fully saturated rings. The quantitative estimate of drug-likeness (QED) is 0.419. The lowest BCUT2D eigenvalue weighted by Crippen LogP contribution is -2.52. The lowest BCUT2D eigenvalue weighted by molar-refractivity contribution is 0.417. The highest BCUT2D eigenvalue weighted by Crippen LogP contribution is 2.59. The number of hydrogen-bond donors (Lipinski definition) is 4. The number of amidine groups is 1. The van der Waals surface area contributed by atoms with Crippen LogP contribution in [0.3, 0.4) is 0 Å². The van der Waals surface area contributed by atoms with Gasteiger partial charge in [-0.3, -0.25) is 19.1 Å². The highest BCUT2D eigenvalue weighted by atomic mass is 35.5. The Labute approximate surface area is 185 Å². The number of pyridine rings is 2. The number of benzene rings is 1. The maximum absolute atomic E-state index is 14.9. The molecule has 3 heterocycles. The third-order valence-electron chi connectivity index (χ3n) is 5.66. The summed E-state index contributed by atoms with van der Waals surface area (Å²) in [5, 5.41) is 4.47. The van der Waals surface area contributed by atoms with Crippen LogP contribution < -0.4 is 11.1 Å². The van der Waals surface area contributed by atoms with Gasteiger partial charge in [0.2, 0.25) is 0 Å². The molecule has 3 aromatic rings. The summed E-state index contributed by atoms with van der Waals surface area (Å²) in [7, 11) is -3.17. The van der Waals surface area contributed by atoms with Crippen molar-refractivity contribution in [1.82, 2.24) is 9.97 Å². The Morgan fingerprint density at radius 2 is 1.90 bits per heavy atom. The van der Waals surface area contributed by atoms with E-state index in [4.69, 9.17) is 17.3 Å². The van der Waals surface area contributed by atoms with Gasteiger partial charge >= 0.3 is 0 Å². The molecule has 1 aliphatic rings. The zero-order valence-electron chi connectivity index (χ0n) is 17.2. The number of halogens is 2. The van der Waals surface area contributed by atoms with Gasteiger partial charge in [-0.2, -0.15) is 10.6 Å². The number of anilines is 2. The molecule has 0 amide bonds. The fourth-order valence-corrected chi connectivity index (χ4v) is 5.50. The molecule has 0 unspecified atom stereocenters. The van der Waals surface area contributed by atoms with Crippen LogP contribution in [0.2, 0.25) is 5.02 Å². The Morgan fingerprint density at radius 3 is 2.61 bits per heavy atom. The Bertz CT molecular complexity index is 1220. The van der Waals surface area contributed by atoms with Gasteiger partial charge in [0.1, 0.15) is 27.5 Å². The third kappa shape index (κ3) is 3.71. The lowest BCUT2D eigenvalue weighted by atomic mass is 9.92. The Hall–Kier alpha value is -2.46. The maximum atomic E-state index is 14.9. The second-order valence-corrected chi connectivity index (χ2v) is 11.4. The van der Waals surface area contributed by atoms with Crippen LogP contribution in [0.15, 0.2) is 47.7 Å². The highest BCUT2D eigenvalue weighted by molar-refractivity contribution is 8.26. The van der Waals surface area contributed by atoms with E-state index in [1.807, 2.05) is 0 Å². The topological polar surface area (TPSA) is 117 Å². The largest absolute Gasteiger partial charge is 0.386 e. The zero-order valence-corrected chi connectivity index (χ0v) is 18.8. The predicted octanol–water partition coefficient (Wildman–Crippen LogP) is 5.28. The summed E-state index contributed by atoms with van der Waals surface area (Å²) >= 11 is 6.02. The van der Waals surface area contributed by atoms with Crippen molar-refractivity contribution in [2.75, 3.05) is 11.1 Å². The summed E-state index contributed by atoms with van der Waals surface area (Å²) in [6, 6.07) is 8.02. The molecule has 0 aliphatic carbocycles. The monoisotopic (exact) mass is 463 g/mol. The van der Waals surface area contributed by atoms with Crippen LogP contribution in [0.4, 0.5) is 15.9 Å². The van der Waals surface area contributed by atoms with Gasteiger partial charge in [-0.25, -0.2) is 9.37 Å². The van der Waals surface area contributed by atoms with Crippen LogP contribution in [-0.2, 0) is 5.54 Å². The maximum Gasteiger partial charge on any atom is 0.156 e. The van der Waals surface area contributed by atoms with Crippen LogP contribution >= 0.6 is 22.2 Å². The Balaban J connectivity index is 1.76. The number of hydrogen-bond acceptors (Lipinski definition) is 7.